The molecule has 0 spiro atoms. The zero-order valence-electron chi connectivity index (χ0n) is 33.4. The van der Waals surface area contributed by atoms with E-state index in [1.54, 1.807) is 60.2 Å². The Morgan fingerprint density at radius 3 is 1.57 bits per heavy atom. The molecule has 2 N–H and O–H groups in total. The van der Waals surface area contributed by atoms with Gasteiger partial charge in [0, 0.05) is 35.4 Å². The Balaban J connectivity index is 0.000000177. The number of amides is 2. The topological polar surface area (TPSA) is 164 Å². The number of anilines is 2. The van der Waals surface area contributed by atoms with E-state index in [0.29, 0.717) is 51.0 Å². The second kappa shape index (κ2) is 16.3. The number of hydrogen-bond acceptors (Lipinski definition) is 10. The molecule has 0 atom stereocenters. The number of pyridine rings is 4. The summed E-state index contributed by atoms with van der Waals surface area (Å²) in [5, 5.41) is 16.6. The molecule has 2 amide bonds. The molecule has 8 rings (SSSR count). The molecule has 0 unspecified atom stereocenters. The smallest absolute Gasteiger partial charge is 0.256 e. The van der Waals surface area contributed by atoms with Gasteiger partial charge in [0.15, 0.2) is 11.3 Å². The van der Waals surface area contributed by atoms with Crippen molar-refractivity contribution in [2.24, 2.45) is 0 Å². The summed E-state index contributed by atoms with van der Waals surface area (Å²) >= 11 is 0. The Labute approximate surface area is 334 Å². The van der Waals surface area contributed by atoms with Gasteiger partial charge in [0.2, 0.25) is 0 Å². The van der Waals surface area contributed by atoms with Gasteiger partial charge in [0.25, 0.3) is 11.8 Å². The minimum Gasteiger partial charge on any atom is -0.494 e. The van der Waals surface area contributed by atoms with E-state index in [4.69, 9.17) is 9.47 Å². The maximum atomic E-state index is 13.2. The second-order valence-electron chi connectivity index (χ2n) is 13.6. The number of aryl methyl sites for hydroxylation is 6. The number of benzene rings is 2. The minimum atomic E-state index is -0.264. The third-order valence-corrected chi connectivity index (χ3v) is 9.40. The van der Waals surface area contributed by atoms with Crippen molar-refractivity contribution in [3.8, 4) is 22.9 Å². The third-order valence-electron chi connectivity index (χ3n) is 9.40. The standard InChI is InChI=1S/2C22H21N5O2/c1-13-11-19(29-4)18(12-23-13)25-22(28)17-10-14(2)24-21-20(17)15(3)26-27(21)16-8-6-5-7-9-16;1-13-12-17(22(28)25-20-15(3)23-11-10-18(20)29-4)19-14(2)26-27(21(19)24-13)16-8-6-5-7-9-16/h2*5-12H,1-4H3,(H,25,28). The SMILES string of the molecule is COc1cc(C)ncc1NC(=O)c1cc(C)nc2c1c(C)nn2-c1ccccc1.COc1ccnc(C)c1NC(=O)c1cc(C)nc2c1c(C)nn2-c1ccccc1. The van der Waals surface area contributed by atoms with E-state index in [0.717, 1.165) is 50.6 Å². The molecule has 6 aromatic heterocycles. The maximum absolute atomic E-state index is 13.2. The van der Waals surface area contributed by atoms with Crippen LogP contribution in [0, 0.1) is 41.5 Å². The van der Waals surface area contributed by atoms with Crippen LogP contribution in [0.15, 0.2) is 97.3 Å². The summed E-state index contributed by atoms with van der Waals surface area (Å²) in [4.78, 5) is 44.2. The summed E-state index contributed by atoms with van der Waals surface area (Å²) in [5.74, 6) is 0.597. The van der Waals surface area contributed by atoms with Gasteiger partial charge in [-0.15, -0.1) is 0 Å². The molecule has 0 aliphatic rings. The molecule has 0 saturated heterocycles. The highest BCUT2D eigenvalue weighted by Crippen LogP contribution is 2.31. The highest BCUT2D eigenvalue weighted by Gasteiger charge is 2.23. The fourth-order valence-electron chi connectivity index (χ4n) is 6.72. The Bertz CT molecular complexity index is 2810. The molecular formula is C44H42N10O4. The summed E-state index contributed by atoms with van der Waals surface area (Å²) in [6, 6.07) is 26.5. The molecule has 8 aromatic rings. The van der Waals surface area contributed by atoms with E-state index in [9.17, 15) is 9.59 Å². The Morgan fingerprint density at radius 1 is 0.569 bits per heavy atom. The molecule has 0 aliphatic carbocycles. The molecule has 2 aromatic carbocycles. The Morgan fingerprint density at radius 2 is 1.07 bits per heavy atom. The number of rotatable bonds is 8. The lowest BCUT2D eigenvalue weighted by Crippen LogP contribution is -2.15. The number of para-hydroxylation sites is 2. The van der Waals surface area contributed by atoms with Crippen LogP contribution in [-0.2, 0) is 0 Å². The van der Waals surface area contributed by atoms with Gasteiger partial charge >= 0.3 is 0 Å². The number of hydrogen-bond donors (Lipinski definition) is 2. The van der Waals surface area contributed by atoms with Gasteiger partial charge in [-0.2, -0.15) is 10.2 Å². The molecule has 14 nitrogen and oxygen atoms in total. The van der Waals surface area contributed by atoms with Gasteiger partial charge in [0.1, 0.15) is 22.9 Å². The van der Waals surface area contributed by atoms with Crippen molar-refractivity contribution in [1.29, 1.82) is 0 Å². The molecule has 58 heavy (non-hydrogen) atoms. The molecule has 0 saturated carbocycles. The second-order valence-corrected chi connectivity index (χ2v) is 13.6. The highest BCUT2D eigenvalue weighted by atomic mass is 16.5. The predicted octanol–water partition coefficient (Wildman–Crippen LogP) is 8.00. The van der Waals surface area contributed by atoms with E-state index >= 15 is 0 Å². The Hall–Kier alpha value is -7.48. The van der Waals surface area contributed by atoms with Gasteiger partial charge in [-0.25, -0.2) is 19.3 Å². The van der Waals surface area contributed by atoms with Crippen LogP contribution in [0.1, 0.15) is 54.9 Å². The quantitative estimate of drug-likeness (QED) is 0.155. The summed E-state index contributed by atoms with van der Waals surface area (Å²) in [5.41, 5.74) is 9.57. The van der Waals surface area contributed by atoms with Gasteiger partial charge < -0.3 is 20.1 Å². The first-order chi connectivity index (χ1) is 28.0. The average Bonchev–Trinajstić information content (AvgIpc) is 3.74. The number of methoxy groups -OCH3 is 2. The summed E-state index contributed by atoms with van der Waals surface area (Å²) in [7, 11) is 3.13. The lowest BCUT2D eigenvalue weighted by Gasteiger charge is -2.13. The lowest BCUT2D eigenvalue weighted by molar-refractivity contribution is 0.101. The van der Waals surface area contributed by atoms with Crippen molar-refractivity contribution in [2.45, 2.75) is 41.5 Å². The molecular weight excluding hydrogens is 733 g/mol. The van der Waals surface area contributed by atoms with Crippen LogP contribution < -0.4 is 20.1 Å². The van der Waals surface area contributed by atoms with Crippen molar-refractivity contribution >= 4 is 45.3 Å². The van der Waals surface area contributed by atoms with Crippen LogP contribution in [0.5, 0.6) is 11.5 Å². The van der Waals surface area contributed by atoms with Crippen LogP contribution in [0.2, 0.25) is 0 Å². The maximum Gasteiger partial charge on any atom is 0.256 e. The monoisotopic (exact) mass is 774 g/mol. The van der Waals surface area contributed by atoms with Crippen LogP contribution in [0.25, 0.3) is 33.4 Å². The molecule has 0 aliphatic heterocycles. The third kappa shape index (κ3) is 7.67. The largest absolute Gasteiger partial charge is 0.494 e. The van der Waals surface area contributed by atoms with Crippen molar-refractivity contribution in [3.63, 3.8) is 0 Å². The number of ether oxygens (including phenoxy) is 2. The first kappa shape index (κ1) is 38.8. The summed E-state index contributed by atoms with van der Waals surface area (Å²) < 4.78 is 14.3. The van der Waals surface area contributed by atoms with Gasteiger partial charge in [-0.1, -0.05) is 36.4 Å². The average molecular weight is 775 g/mol. The molecule has 0 radical (unpaired) electrons. The number of carbonyl (C=O) groups excluding carboxylic acids is 2. The molecule has 6 heterocycles. The normalized spacial score (nSPS) is 10.9. The first-order valence-corrected chi connectivity index (χ1v) is 18.4. The van der Waals surface area contributed by atoms with Gasteiger partial charge in [0.05, 0.1) is 70.8 Å². The van der Waals surface area contributed by atoms with E-state index < -0.39 is 0 Å². The van der Waals surface area contributed by atoms with Crippen LogP contribution in [-0.4, -0.2) is 65.5 Å². The van der Waals surface area contributed by atoms with Gasteiger partial charge in [-0.3, -0.25) is 19.6 Å². The minimum absolute atomic E-state index is 0.259. The van der Waals surface area contributed by atoms with E-state index in [1.165, 1.54) is 0 Å². The van der Waals surface area contributed by atoms with Crippen molar-refractivity contribution in [3.05, 3.63) is 143 Å². The first-order valence-electron chi connectivity index (χ1n) is 18.4. The molecule has 292 valence electrons. The zero-order valence-corrected chi connectivity index (χ0v) is 33.4. The number of nitrogens with zero attached hydrogens (tertiary/aromatic N) is 8. The van der Waals surface area contributed by atoms with Crippen LogP contribution in [0.3, 0.4) is 0 Å². The fraction of sp³-hybridized carbons (Fsp3) is 0.182. The molecule has 14 heteroatoms. The fourth-order valence-corrected chi connectivity index (χ4v) is 6.72. The van der Waals surface area contributed by atoms with E-state index in [1.807, 2.05) is 102 Å². The predicted molar refractivity (Wildman–Crippen MR) is 224 cm³/mol. The van der Waals surface area contributed by atoms with E-state index in [-0.39, 0.29) is 11.8 Å². The van der Waals surface area contributed by atoms with E-state index in [2.05, 4.69) is 40.8 Å². The van der Waals surface area contributed by atoms with Crippen LogP contribution in [0.4, 0.5) is 11.4 Å². The zero-order chi connectivity index (χ0) is 41.1. The van der Waals surface area contributed by atoms with Crippen molar-refractivity contribution in [1.82, 2.24) is 39.5 Å². The molecule has 0 fully saturated rings. The summed E-state index contributed by atoms with van der Waals surface area (Å²) in [6.45, 7) is 11.2. The van der Waals surface area contributed by atoms with Crippen molar-refractivity contribution < 1.29 is 19.1 Å². The number of carbonyl (C=O) groups is 2. The van der Waals surface area contributed by atoms with Gasteiger partial charge in [-0.05, 0) is 77.9 Å². The molecule has 0 bridgehead atoms. The number of aromatic nitrogens is 8. The number of nitrogens with one attached hydrogen (secondary N) is 2. The highest BCUT2D eigenvalue weighted by molar-refractivity contribution is 6.14. The lowest BCUT2D eigenvalue weighted by atomic mass is 10.1. The number of fused-ring (bicyclic) bond motifs is 2. The van der Waals surface area contributed by atoms with Crippen LogP contribution >= 0.6 is 0 Å². The Kier molecular flexibility index (Phi) is 10.9. The van der Waals surface area contributed by atoms with Crippen molar-refractivity contribution in [2.75, 3.05) is 24.9 Å². The summed E-state index contributed by atoms with van der Waals surface area (Å²) in [6.07, 6.45) is 3.24.